The molecule has 0 spiro atoms. The Balaban J connectivity index is 3.23. The lowest BCUT2D eigenvalue weighted by Gasteiger charge is -1.93. The smallest absolute Gasteiger partial charge is 0.157 e. The van der Waals surface area contributed by atoms with E-state index in [1.807, 2.05) is 0 Å². The molecule has 1 aromatic heterocycles. The molecule has 0 saturated heterocycles. The summed E-state index contributed by atoms with van der Waals surface area (Å²) in [5.41, 5.74) is 0.559. The molecule has 0 saturated carbocycles. The average molecular weight is 134 g/mol. The van der Waals surface area contributed by atoms with Crippen LogP contribution in [0.4, 0.5) is 4.39 Å². The minimum atomic E-state index is -0.491. The molecule has 0 aromatic carbocycles. The maximum absolute atomic E-state index is 12.6. The van der Waals surface area contributed by atoms with E-state index in [2.05, 4.69) is 17.8 Å². The number of aromatic nitrogens is 1. The third-order valence-electron chi connectivity index (χ3n) is 1.03. The topological polar surface area (TPSA) is 12.9 Å². The van der Waals surface area contributed by atoms with Gasteiger partial charge in [-0.05, 0) is 24.5 Å². The summed E-state index contributed by atoms with van der Waals surface area (Å²) in [4.78, 5) is 3.62. The SMILES string of the molecule is C#Cc1ncc([CH2])cc1F. The van der Waals surface area contributed by atoms with Crippen molar-refractivity contribution >= 4 is 0 Å². The second-order valence-corrected chi connectivity index (χ2v) is 1.82. The van der Waals surface area contributed by atoms with Crippen LogP contribution in [-0.4, -0.2) is 4.98 Å². The maximum Gasteiger partial charge on any atom is 0.157 e. The molecule has 0 amide bonds. The fourth-order valence-electron chi connectivity index (χ4n) is 0.584. The number of hydrogen-bond donors (Lipinski definition) is 0. The van der Waals surface area contributed by atoms with Crippen LogP contribution in [0.1, 0.15) is 11.3 Å². The van der Waals surface area contributed by atoms with Crippen molar-refractivity contribution in [2.45, 2.75) is 0 Å². The number of halogens is 1. The fraction of sp³-hybridized carbons (Fsp3) is 0. The minimum Gasteiger partial charge on any atom is -0.244 e. The van der Waals surface area contributed by atoms with Crippen LogP contribution in [0.25, 0.3) is 0 Å². The van der Waals surface area contributed by atoms with Crippen molar-refractivity contribution in [3.05, 3.63) is 36.3 Å². The maximum atomic E-state index is 12.6. The second kappa shape index (κ2) is 2.49. The Labute approximate surface area is 58.9 Å². The Hall–Kier alpha value is -1.36. The molecule has 0 atom stereocenters. The van der Waals surface area contributed by atoms with Gasteiger partial charge in [-0.3, -0.25) is 0 Å². The van der Waals surface area contributed by atoms with Gasteiger partial charge in [0.1, 0.15) is 5.69 Å². The molecule has 1 nitrogen and oxygen atoms in total. The molecular weight excluding hydrogens is 129 g/mol. The van der Waals surface area contributed by atoms with Crippen molar-refractivity contribution in [1.29, 1.82) is 0 Å². The van der Waals surface area contributed by atoms with Gasteiger partial charge in [0.15, 0.2) is 5.82 Å². The van der Waals surface area contributed by atoms with Gasteiger partial charge in [-0.15, -0.1) is 6.42 Å². The summed E-state index contributed by atoms with van der Waals surface area (Å²) in [5, 5.41) is 0. The molecule has 0 aliphatic carbocycles. The predicted octanol–water partition coefficient (Wildman–Crippen LogP) is 1.38. The molecule has 0 aliphatic rings. The number of hydrogen-bond acceptors (Lipinski definition) is 1. The van der Waals surface area contributed by atoms with Crippen LogP contribution in [0.15, 0.2) is 12.3 Å². The highest BCUT2D eigenvalue weighted by Crippen LogP contribution is 2.03. The summed E-state index contributed by atoms with van der Waals surface area (Å²) in [6, 6.07) is 1.25. The first kappa shape index (κ1) is 6.76. The van der Waals surface area contributed by atoms with Gasteiger partial charge in [-0.1, -0.05) is 0 Å². The van der Waals surface area contributed by atoms with E-state index < -0.39 is 5.82 Å². The van der Waals surface area contributed by atoms with Crippen LogP contribution in [0.3, 0.4) is 0 Å². The van der Waals surface area contributed by atoms with Crippen molar-refractivity contribution in [2.75, 3.05) is 0 Å². The van der Waals surface area contributed by atoms with E-state index in [1.165, 1.54) is 12.3 Å². The number of terminal acetylenes is 1. The summed E-state index contributed by atoms with van der Waals surface area (Å²) in [5.74, 6) is 1.62. The molecule has 2 heteroatoms. The van der Waals surface area contributed by atoms with Crippen LogP contribution < -0.4 is 0 Å². The molecule has 49 valence electrons. The van der Waals surface area contributed by atoms with Gasteiger partial charge >= 0.3 is 0 Å². The number of rotatable bonds is 0. The fourth-order valence-corrected chi connectivity index (χ4v) is 0.584. The number of nitrogens with zero attached hydrogens (tertiary/aromatic N) is 1. The van der Waals surface area contributed by atoms with Crippen LogP contribution >= 0.6 is 0 Å². The zero-order valence-corrected chi connectivity index (χ0v) is 5.26. The molecule has 1 radical (unpaired) electrons. The Kier molecular flexibility index (Phi) is 1.68. The van der Waals surface area contributed by atoms with Crippen molar-refractivity contribution in [1.82, 2.24) is 4.98 Å². The molecule has 0 bridgehead atoms. The third kappa shape index (κ3) is 1.14. The summed E-state index contributed by atoms with van der Waals surface area (Å²) < 4.78 is 12.6. The van der Waals surface area contributed by atoms with Crippen LogP contribution in [0.5, 0.6) is 0 Å². The Bertz CT molecular complexity index is 286. The molecule has 0 unspecified atom stereocenters. The first-order chi connectivity index (χ1) is 4.74. The molecule has 0 aliphatic heterocycles. The average Bonchev–Trinajstić information content (AvgIpc) is 1.88. The van der Waals surface area contributed by atoms with Crippen LogP contribution in [0, 0.1) is 25.1 Å². The van der Waals surface area contributed by atoms with E-state index in [-0.39, 0.29) is 5.69 Å². The van der Waals surface area contributed by atoms with Gasteiger partial charge in [-0.2, -0.15) is 0 Å². The van der Waals surface area contributed by atoms with Gasteiger partial charge in [0.2, 0.25) is 0 Å². The van der Waals surface area contributed by atoms with Crippen molar-refractivity contribution in [3.8, 4) is 12.3 Å². The van der Waals surface area contributed by atoms with E-state index in [0.29, 0.717) is 5.56 Å². The molecule has 1 aromatic rings. The van der Waals surface area contributed by atoms with E-state index in [4.69, 9.17) is 6.42 Å². The molecule has 1 heterocycles. The molecule has 0 N–H and O–H groups in total. The second-order valence-electron chi connectivity index (χ2n) is 1.82. The zero-order valence-electron chi connectivity index (χ0n) is 5.26. The van der Waals surface area contributed by atoms with Gasteiger partial charge in [-0.25, -0.2) is 9.37 Å². The summed E-state index contributed by atoms with van der Waals surface area (Å²) in [6.45, 7) is 3.49. The van der Waals surface area contributed by atoms with Gasteiger partial charge in [0.05, 0.1) is 0 Å². The normalized spacial score (nSPS) is 8.90. The predicted molar refractivity (Wildman–Crippen MR) is 36.6 cm³/mol. The first-order valence-electron chi connectivity index (χ1n) is 2.68. The van der Waals surface area contributed by atoms with E-state index in [9.17, 15) is 4.39 Å². The monoisotopic (exact) mass is 134 g/mol. The quantitative estimate of drug-likeness (QED) is 0.488. The van der Waals surface area contributed by atoms with Crippen molar-refractivity contribution in [3.63, 3.8) is 0 Å². The third-order valence-corrected chi connectivity index (χ3v) is 1.03. The Morgan fingerprint density at radius 1 is 1.70 bits per heavy atom. The van der Waals surface area contributed by atoms with Gasteiger partial charge < -0.3 is 0 Å². The summed E-state index contributed by atoms with van der Waals surface area (Å²) in [7, 11) is 0. The van der Waals surface area contributed by atoms with Gasteiger partial charge in [0.25, 0.3) is 0 Å². The lowest BCUT2D eigenvalue weighted by molar-refractivity contribution is 0.616. The minimum absolute atomic E-state index is 0.0346. The standard InChI is InChI=1S/C8H5FN/c1-3-8-7(9)4-6(2)5-10-8/h1,4-5H,2H2. The Morgan fingerprint density at radius 2 is 2.40 bits per heavy atom. The zero-order chi connectivity index (χ0) is 7.56. The van der Waals surface area contributed by atoms with Gasteiger partial charge in [0, 0.05) is 6.20 Å². The highest BCUT2D eigenvalue weighted by Gasteiger charge is 1.98. The van der Waals surface area contributed by atoms with E-state index >= 15 is 0 Å². The molecule has 10 heavy (non-hydrogen) atoms. The lowest BCUT2D eigenvalue weighted by atomic mass is 10.3. The highest BCUT2D eigenvalue weighted by atomic mass is 19.1. The van der Waals surface area contributed by atoms with Crippen LogP contribution in [-0.2, 0) is 0 Å². The van der Waals surface area contributed by atoms with Crippen molar-refractivity contribution in [2.24, 2.45) is 0 Å². The summed E-state index contributed by atoms with van der Waals surface area (Å²) in [6.07, 6.45) is 6.36. The molecule has 0 fully saturated rings. The van der Waals surface area contributed by atoms with Crippen molar-refractivity contribution < 1.29 is 4.39 Å². The highest BCUT2D eigenvalue weighted by molar-refractivity contribution is 5.28. The van der Waals surface area contributed by atoms with Crippen LogP contribution in [0.2, 0.25) is 0 Å². The van der Waals surface area contributed by atoms with E-state index in [0.717, 1.165) is 0 Å². The van der Waals surface area contributed by atoms with E-state index in [1.54, 1.807) is 0 Å². The Morgan fingerprint density at radius 3 is 2.90 bits per heavy atom. The molecular formula is C8H5FN. The largest absolute Gasteiger partial charge is 0.244 e. The lowest BCUT2D eigenvalue weighted by Crippen LogP contribution is -1.88. The summed E-state index contributed by atoms with van der Waals surface area (Å²) >= 11 is 0. The number of pyridine rings is 1. The molecule has 1 rings (SSSR count). The first-order valence-corrected chi connectivity index (χ1v) is 2.68.